The molecule has 1 aromatic rings. The number of halogens is 1. The normalized spacial score (nSPS) is 10.1. The second-order valence-corrected chi connectivity index (χ2v) is 4.13. The lowest BCUT2D eigenvalue weighted by Gasteiger charge is -2.18. The molecule has 0 saturated carbocycles. The lowest BCUT2D eigenvalue weighted by molar-refractivity contribution is 0.0950. The third-order valence-electron chi connectivity index (χ3n) is 2.93. The number of nitrogens with one attached hydrogen (secondary N) is 1. The summed E-state index contributed by atoms with van der Waals surface area (Å²) < 4.78 is 0. The standard InChI is InChI=1S/C13H22N4O.ClH/c1-3-17(4-2)8-7-16-13(18)11-6-5-10(14)9-12(11)15;/h5-6,9H,3-4,7-8,14-15H2,1-2H3,(H,16,18);1H. The molecular formula is C13H23ClN4O. The first-order valence-corrected chi connectivity index (χ1v) is 6.24. The molecule has 0 atom stereocenters. The predicted octanol–water partition coefficient (Wildman–Crippen LogP) is 1.34. The van der Waals surface area contributed by atoms with E-state index in [0.29, 0.717) is 23.5 Å². The first kappa shape index (κ1) is 17.5. The summed E-state index contributed by atoms with van der Waals surface area (Å²) in [6.45, 7) is 7.62. The maximum Gasteiger partial charge on any atom is 0.253 e. The van der Waals surface area contributed by atoms with Crippen molar-refractivity contribution in [3.05, 3.63) is 23.8 Å². The average Bonchev–Trinajstić information content (AvgIpc) is 2.34. The van der Waals surface area contributed by atoms with Crippen LogP contribution in [0.5, 0.6) is 0 Å². The highest BCUT2D eigenvalue weighted by molar-refractivity contribution is 5.99. The Bertz CT molecular complexity index is 408. The number of carbonyl (C=O) groups is 1. The summed E-state index contributed by atoms with van der Waals surface area (Å²) in [5, 5.41) is 2.86. The Morgan fingerprint density at radius 2 is 1.89 bits per heavy atom. The monoisotopic (exact) mass is 286 g/mol. The van der Waals surface area contributed by atoms with Gasteiger partial charge in [-0.3, -0.25) is 4.79 Å². The molecule has 1 rings (SSSR count). The molecule has 5 nitrogen and oxygen atoms in total. The van der Waals surface area contributed by atoms with E-state index in [1.165, 1.54) is 0 Å². The van der Waals surface area contributed by atoms with Crippen molar-refractivity contribution in [1.82, 2.24) is 10.2 Å². The molecule has 0 aliphatic heterocycles. The molecule has 19 heavy (non-hydrogen) atoms. The number of nitrogens with two attached hydrogens (primary N) is 2. The molecule has 0 radical (unpaired) electrons. The lowest BCUT2D eigenvalue weighted by atomic mass is 10.1. The molecule has 0 heterocycles. The van der Waals surface area contributed by atoms with E-state index < -0.39 is 0 Å². The molecule has 5 N–H and O–H groups in total. The van der Waals surface area contributed by atoms with Crippen LogP contribution < -0.4 is 16.8 Å². The van der Waals surface area contributed by atoms with Gasteiger partial charge in [-0.1, -0.05) is 13.8 Å². The van der Waals surface area contributed by atoms with Gasteiger partial charge in [0.05, 0.1) is 5.56 Å². The van der Waals surface area contributed by atoms with Crippen LogP contribution in [0.2, 0.25) is 0 Å². The number of rotatable bonds is 6. The van der Waals surface area contributed by atoms with E-state index in [1.54, 1.807) is 18.2 Å². The molecule has 0 bridgehead atoms. The van der Waals surface area contributed by atoms with Crippen molar-refractivity contribution in [1.29, 1.82) is 0 Å². The molecule has 6 heteroatoms. The summed E-state index contributed by atoms with van der Waals surface area (Å²) in [6.07, 6.45) is 0. The van der Waals surface area contributed by atoms with Crippen LogP contribution in [-0.2, 0) is 0 Å². The smallest absolute Gasteiger partial charge is 0.253 e. The van der Waals surface area contributed by atoms with Crippen LogP contribution in [0.25, 0.3) is 0 Å². The van der Waals surface area contributed by atoms with Gasteiger partial charge in [0.2, 0.25) is 0 Å². The summed E-state index contributed by atoms with van der Waals surface area (Å²) in [5.41, 5.74) is 12.8. The molecule has 0 aliphatic rings. The maximum atomic E-state index is 11.9. The van der Waals surface area contributed by atoms with Crippen LogP contribution >= 0.6 is 12.4 Å². The maximum absolute atomic E-state index is 11.9. The van der Waals surface area contributed by atoms with Gasteiger partial charge in [0.15, 0.2) is 0 Å². The first-order chi connectivity index (χ1) is 8.58. The van der Waals surface area contributed by atoms with E-state index in [4.69, 9.17) is 11.5 Å². The van der Waals surface area contributed by atoms with Crippen LogP contribution in [0.1, 0.15) is 24.2 Å². The number of anilines is 2. The summed E-state index contributed by atoms with van der Waals surface area (Å²) in [4.78, 5) is 14.1. The average molecular weight is 287 g/mol. The highest BCUT2D eigenvalue weighted by atomic mass is 35.5. The van der Waals surface area contributed by atoms with Crippen LogP contribution in [0.15, 0.2) is 18.2 Å². The van der Waals surface area contributed by atoms with Crippen LogP contribution in [0.4, 0.5) is 11.4 Å². The molecule has 0 aromatic heterocycles. The number of benzene rings is 1. The van der Waals surface area contributed by atoms with E-state index in [0.717, 1.165) is 19.6 Å². The predicted molar refractivity (Wildman–Crippen MR) is 82.6 cm³/mol. The molecule has 0 spiro atoms. The van der Waals surface area contributed by atoms with Gasteiger partial charge in [-0.05, 0) is 31.3 Å². The van der Waals surface area contributed by atoms with E-state index >= 15 is 0 Å². The molecule has 0 fully saturated rings. The van der Waals surface area contributed by atoms with E-state index in [2.05, 4.69) is 24.1 Å². The van der Waals surface area contributed by atoms with Gasteiger partial charge >= 0.3 is 0 Å². The molecular weight excluding hydrogens is 264 g/mol. The summed E-state index contributed by atoms with van der Waals surface area (Å²) >= 11 is 0. The van der Waals surface area contributed by atoms with E-state index in [-0.39, 0.29) is 18.3 Å². The van der Waals surface area contributed by atoms with Gasteiger partial charge in [-0.25, -0.2) is 0 Å². The van der Waals surface area contributed by atoms with Gasteiger partial charge in [-0.2, -0.15) is 0 Å². The third-order valence-corrected chi connectivity index (χ3v) is 2.93. The SMILES string of the molecule is CCN(CC)CCNC(=O)c1ccc(N)cc1N.Cl. The lowest BCUT2D eigenvalue weighted by Crippen LogP contribution is -2.35. The van der Waals surface area contributed by atoms with Gasteiger partial charge in [-0.15, -0.1) is 12.4 Å². The van der Waals surface area contributed by atoms with E-state index in [9.17, 15) is 4.79 Å². The van der Waals surface area contributed by atoms with Crippen LogP contribution in [-0.4, -0.2) is 37.0 Å². The van der Waals surface area contributed by atoms with Crippen molar-refractivity contribution < 1.29 is 4.79 Å². The minimum absolute atomic E-state index is 0. The number of nitrogen functional groups attached to an aromatic ring is 2. The Balaban J connectivity index is 0.00000324. The molecule has 0 saturated heterocycles. The summed E-state index contributed by atoms with van der Waals surface area (Å²) in [5.74, 6) is -0.153. The van der Waals surface area contributed by atoms with Crippen molar-refractivity contribution in [2.75, 3.05) is 37.6 Å². The number of likely N-dealkylation sites (N-methyl/N-ethyl adjacent to an activating group) is 1. The number of carbonyl (C=O) groups excluding carboxylic acids is 1. The van der Waals surface area contributed by atoms with E-state index in [1.807, 2.05) is 0 Å². The number of hydrogen-bond acceptors (Lipinski definition) is 4. The number of amides is 1. The molecule has 1 aromatic carbocycles. The van der Waals surface area contributed by atoms with Crippen molar-refractivity contribution >= 4 is 29.7 Å². The second-order valence-electron chi connectivity index (χ2n) is 4.13. The van der Waals surface area contributed by atoms with Crippen molar-refractivity contribution in [3.63, 3.8) is 0 Å². The van der Waals surface area contributed by atoms with Crippen molar-refractivity contribution in [2.45, 2.75) is 13.8 Å². The minimum Gasteiger partial charge on any atom is -0.399 e. The molecule has 0 aliphatic carbocycles. The fourth-order valence-electron chi connectivity index (χ4n) is 1.75. The molecule has 0 unspecified atom stereocenters. The first-order valence-electron chi connectivity index (χ1n) is 6.24. The van der Waals surface area contributed by atoms with Gasteiger partial charge in [0, 0.05) is 24.5 Å². The third kappa shape index (κ3) is 5.36. The summed E-state index contributed by atoms with van der Waals surface area (Å²) in [7, 11) is 0. The highest BCUT2D eigenvalue weighted by Crippen LogP contribution is 2.15. The van der Waals surface area contributed by atoms with Gasteiger partial charge in [0.1, 0.15) is 0 Å². The van der Waals surface area contributed by atoms with Gasteiger partial charge < -0.3 is 21.7 Å². The fraction of sp³-hybridized carbons (Fsp3) is 0.462. The van der Waals surface area contributed by atoms with Crippen LogP contribution in [0, 0.1) is 0 Å². The van der Waals surface area contributed by atoms with Crippen molar-refractivity contribution in [2.24, 2.45) is 0 Å². The zero-order chi connectivity index (χ0) is 13.5. The number of hydrogen-bond donors (Lipinski definition) is 3. The molecule has 108 valence electrons. The zero-order valence-electron chi connectivity index (χ0n) is 11.5. The molecule has 1 amide bonds. The largest absolute Gasteiger partial charge is 0.399 e. The Hall–Kier alpha value is -1.46. The number of nitrogens with zero attached hydrogens (tertiary/aromatic N) is 1. The highest BCUT2D eigenvalue weighted by Gasteiger charge is 2.09. The Labute approximate surface area is 120 Å². The van der Waals surface area contributed by atoms with Gasteiger partial charge in [0.25, 0.3) is 5.91 Å². The van der Waals surface area contributed by atoms with Crippen LogP contribution in [0.3, 0.4) is 0 Å². The Morgan fingerprint density at radius 1 is 1.26 bits per heavy atom. The Morgan fingerprint density at radius 3 is 2.42 bits per heavy atom. The fourth-order valence-corrected chi connectivity index (χ4v) is 1.75. The second kappa shape index (κ2) is 8.61. The Kier molecular flexibility index (Phi) is 7.95. The quantitative estimate of drug-likeness (QED) is 0.689. The zero-order valence-corrected chi connectivity index (χ0v) is 12.3. The topological polar surface area (TPSA) is 84.4 Å². The summed E-state index contributed by atoms with van der Waals surface area (Å²) in [6, 6.07) is 4.92. The minimum atomic E-state index is -0.153. The van der Waals surface area contributed by atoms with Crippen molar-refractivity contribution in [3.8, 4) is 0 Å².